The molecule has 29 heavy (non-hydrogen) atoms. The molecule has 5 heteroatoms. The Morgan fingerprint density at radius 3 is 2.45 bits per heavy atom. The topological polar surface area (TPSA) is 72.6 Å². The highest BCUT2D eigenvalue weighted by molar-refractivity contribution is 5.84. The van der Waals surface area contributed by atoms with Crippen molar-refractivity contribution in [2.45, 2.75) is 33.1 Å². The van der Waals surface area contributed by atoms with Gasteiger partial charge in [0.05, 0.1) is 12.5 Å². The lowest BCUT2D eigenvalue weighted by atomic mass is 9.80. The Labute approximate surface area is 172 Å². The predicted octanol–water partition coefficient (Wildman–Crippen LogP) is 3.65. The molecule has 0 bridgehead atoms. The van der Waals surface area contributed by atoms with Crippen molar-refractivity contribution < 1.29 is 14.3 Å². The molecule has 0 spiro atoms. The van der Waals surface area contributed by atoms with Crippen LogP contribution in [0.3, 0.4) is 0 Å². The molecule has 3 rings (SSSR count). The number of primary amides is 1. The van der Waals surface area contributed by atoms with Gasteiger partial charge in [0.25, 0.3) is 0 Å². The van der Waals surface area contributed by atoms with E-state index in [0.717, 1.165) is 22.4 Å². The van der Waals surface area contributed by atoms with E-state index in [0.29, 0.717) is 38.3 Å². The molecule has 0 aliphatic carbocycles. The van der Waals surface area contributed by atoms with Crippen molar-refractivity contribution in [3.63, 3.8) is 0 Å². The van der Waals surface area contributed by atoms with E-state index in [9.17, 15) is 9.59 Å². The van der Waals surface area contributed by atoms with Crippen molar-refractivity contribution in [3.8, 4) is 16.9 Å². The van der Waals surface area contributed by atoms with Gasteiger partial charge in [-0.2, -0.15) is 0 Å². The number of ether oxygens (including phenoxy) is 1. The van der Waals surface area contributed by atoms with Crippen LogP contribution in [0.4, 0.5) is 0 Å². The lowest BCUT2D eigenvalue weighted by molar-refractivity contribution is -0.132. The average molecular weight is 395 g/mol. The Kier molecular flexibility index (Phi) is 6.26. The number of carbonyl (C=O) groups is 2. The number of likely N-dealkylation sites (tertiary alicyclic amines) is 1. The van der Waals surface area contributed by atoms with Gasteiger partial charge in [-0.1, -0.05) is 56.3 Å². The predicted molar refractivity (Wildman–Crippen MR) is 114 cm³/mol. The largest absolute Gasteiger partial charge is 0.496 e. The van der Waals surface area contributed by atoms with Gasteiger partial charge < -0.3 is 15.4 Å². The molecule has 2 aromatic rings. The third-order valence-electron chi connectivity index (χ3n) is 5.73. The average Bonchev–Trinajstić information content (AvgIpc) is 3.14. The molecular weight excluding hydrogens is 364 g/mol. The molecule has 154 valence electrons. The first kappa shape index (κ1) is 20.9. The van der Waals surface area contributed by atoms with Gasteiger partial charge in [-0.05, 0) is 36.0 Å². The van der Waals surface area contributed by atoms with Gasteiger partial charge in [-0.3, -0.25) is 9.59 Å². The number of methoxy groups -OCH3 is 1. The van der Waals surface area contributed by atoms with Crippen LogP contribution < -0.4 is 10.5 Å². The molecule has 1 atom stereocenters. The van der Waals surface area contributed by atoms with Crippen LogP contribution in [-0.4, -0.2) is 36.9 Å². The lowest BCUT2D eigenvalue weighted by Crippen LogP contribution is -2.42. The van der Waals surface area contributed by atoms with E-state index >= 15 is 0 Å². The SMILES string of the molecule is COc1ccccc1-c1ccc(CC2(C(N)=O)CCN(C(=O)CC(C)C)C2)cc1. The number of nitrogens with two attached hydrogens (primary N) is 1. The standard InChI is InChI=1S/C24H30N2O3/c1-17(2)14-22(27)26-13-12-24(16-26,23(25)28)15-18-8-10-19(11-9-18)20-6-4-5-7-21(20)29-3/h4-11,17H,12-16H2,1-3H3,(H2,25,28). The number of amides is 2. The van der Waals surface area contributed by atoms with Crippen molar-refractivity contribution >= 4 is 11.8 Å². The number of rotatable bonds is 7. The minimum absolute atomic E-state index is 0.106. The maximum absolute atomic E-state index is 12.4. The first-order valence-electron chi connectivity index (χ1n) is 10.1. The molecular formula is C24H30N2O3. The quantitative estimate of drug-likeness (QED) is 0.779. The number of benzene rings is 2. The highest BCUT2D eigenvalue weighted by atomic mass is 16.5. The van der Waals surface area contributed by atoms with Gasteiger partial charge in [0.2, 0.25) is 11.8 Å². The smallest absolute Gasteiger partial charge is 0.225 e. The van der Waals surface area contributed by atoms with Crippen molar-refractivity contribution in [1.82, 2.24) is 4.90 Å². The number of hydrogen-bond donors (Lipinski definition) is 1. The normalized spacial score (nSPS) is 18.8. The summed E-state index contributed by atoms with van der Waals surface area (Å²) in [5.41, 5.74) is 8.24. The Morgan fingerprint density at radius 2 is 1.83 bits per heavy atom. The van der Waals surface area contributed by atoms with Gasteiger partial charge in [-0.25, -0.2) is 0 Å². The summed E-state index contributed by atoms with van der Waals surface area (Å²) in [7, 11) is 1.66. The second kappa shape index (κ2) is 8.68. The monoisotopic (exact) mass is 394 g/mol. The third kappa shape index (κ3) is 4.61. The van der Waals surface area contributed by atoms with E-state index < -0.39 is 5.41 Å². The third-order valence-corrected chi connectivity index (χ3v) is 5.73. The summed E-state index contributed by atoms with van der Waals surface area (Å²) >= 11 is 0. The van der Waals surface area contributed by atoms with E-state index in [1.807, 2.05) is 62.4 Å². The molecule has 1 aliphatic heterocycles. The van der Waals surface area contributed by atoms with Crippen LogP contribution in [0.1, 0.15) is 32.3 Å². The molecule has 0 aromatic heterocycles. The zero-order valence-corrected chi connectivity index (χ0v) is 17.5. The van der Waals surface area contributed by atoms with Crippen molar-refractivity contribution in [1.29, 1.82) is 0 Å². The van der Waals surface area contributed by atoms with Gasteiger partial charge in [0, 0.05) is 25.1 Å². The van der Waals surface area contributed by atoms with Crippen LogP contribution in [0.15, 0.2) is 48.5 Å². The highest BCUT2D eigenvalue weighted by Gasteiger charge is 2.44. The number of carbonyl (C=O) groups excluding carboxylic acids is 2. The Hall–Kier alpha value is -2.82. The molecule has 0 saturated carbocycles. The summed E-state index contributed by atoms with van der Waals surface area (Å²) in [4.78, 5) is 26.6. The van der Waals surface area contributed by atoms with Gasteiger partial charge >= 0.3 is 0 Å². The van der Waals surface area contributed by atoms with Crippen LogP contribution >= 0.6 is 0 Å². The number of nitrogens with zero attached hydrogens (tertiary/aromatic N) is 1. The fraction of sp³-hybridized carbons (Fsp3) is 0.417. The van der Waals surface area contributed by atoms with Crippen LogP contribution in [0.5, 0.6) is 5.75 Å². The first-order chi connectivity index (χ1) is 13.8. The summed E-state index contributed by atoms with van der Waals surface area (Å²) in [6, 6.07) is 16.0. The zero-order chi connectivity index (χ0) is 21.0. The maximum Gasteiger partial charge on any atom is 0.225 e. The first-order valence-corrected chi connectivity index (χ1v) is 10.1. The second-order valence-electron chi connectivity index (χ2n) is 8.38. The van der Waals surface area contributed by atoms with E-state index in [4.69, 9.17) is 10.5 Å². The lowest BCUT2D eigenvalue weighted by Gasteiger charge is -2.26. The molecule has 2 amide bonds. The Morgan fingerprint density at radius 1 is 1.14 bits per heavy atom. The zero-order valence-electron chi connectivity index (χ0n) is 17.5. The Balaban J connectivity index is 1.77. The highest BCUT2D eigenvalue weighted by Crippen LogP contribution is 2.36. The van der Waals surface area contributed by atoms with Crippen LogP contribution in [0.25, 0.3) is 11.1 Å². The van der Waals surface area contributed by atoms with Gasteiger partial charge in [0.1, 0.15) is 5.75 Å². The summed E-state index contributed by atoms with van der Waals surface area (Å²) in [6.45, 7) is 5.05. The summed E-state index contributed by atoms with van der Waals surface area (Å²) in [5.74, 6) is 0.901. The van der Waals surface area contributed by atoms with Crippen LogP contribution in [-0.2, 0) is 16.0 Å². The minimum Gasteiger partial charge on any atom is -0.496 e. The van der Waals surface area contributed by atoms with Gasteiger partial charge in [-0.15, -0.1) is 0 Å². The molecule has 1 saturated heterocycles. The van der Waals surface area contributed by atoms with E-state index in [2.05, 4.69) is 0 Å². The minimum atomic E-state index is -0.696. The molecule has 5 nitrogen and oxygen atoms in total. The van der Waals surface area contributed by atoms with E-state index in [1.165, 1.54) is 0 Å². The van der Waals surface area contributed by atoms with Crippen molar-refractivity contribution in [3.05, 3.63) is 54.1 Å². The molecule has 2 aromatic carbocycles. The fourth-order valence-corrected chi connectivity index (χ4v) is 4.07. The van der Waals surface area contributed by atoms with E-state index in [1.54, 1.807) is 12.0 Å². The molecule has 1 aliphatic rings. The Bertz CT molecular complexity index is 876. The van der Waals surface area contributed by atoms with Crippen LogP contribution in [0, 0.1) is 11.3 Å². The molecule has 0 radical (unpaired) electrons. The van der Waals surface area contributed by atoms with Crippen LogP contribution in [0.2, 0.25) is 0 Å². The second-order valence-corrected chi connectivity index (χ2v) is 8.38. The van der Waals surface area contributed by atoms with Gasteiger partial charge in [0.15, 0.2) is 0 Å². The van der Waals surface area contributed by atoms with Crippen molar-refractivity contribution in [2.75, 3.05) is 20.2 Å². The summed E-state index contributed by atoms with van der Waals surface area (Å²) in [5, 5.41) is 0. The molecule has 1 heterocycles. The fourth-order valence-electron chi connectivity index (χ4n) is 4.07. The molecule has 1 unspecified atom stereocenters. The molecule has 2 N–H and O–H groups in total. The number of para-hydroxylation sites is 1. The maximum atomic E-state index is 12.4. The van der Waals surface area contributed by atoms with E-state index in [-0.39, 0.29) is 11.8 Å². The molecule has 1 fully saturated rings. The van der Waals surface area contributed by atoms with Crippen molar-refractivity contribution in [2.24, 2.45) is 17.1 Å². The summed E-state index contributed by atoms with van der Waals surface area (Å²) in [6.07, 6.45) is 1.66. The summed E-state index contributed by atoms with van der Waals surface area (Å²) < 4.78 is 5.45. The number of hydrogen-bond acceptors (Lipinski definition) is 3.